The SMILES string of the molecule is C=CC[Si]1(OC)CCCCC1OC.Nc1ccccc1.O. The van der Waals surface area contributed by atoms with Gasteiger partial charge in [0.05, 0.1) is 5.73 Å². The van der Waals surface area contributed by atoms with Crippen LogP contribution in [0, 0.1) is 0 Å². The van der Waals surface area contributed by atoms with Crippen molar-refractivity contribution in [2.75, 3.05) is 20.0 Å². The minimum Gasteiger partial charge on any atom is -0.417 e. The molecule has 21 heavy (non-hydrogen) atoms. The van der Waals surface area contributed by atoms with Crippen LogP contribution in [0.5, 0.6) is 0 Å². The molecule has 2 rings (SSSR count). The standard InChI is InChI=1S/C10H20O2Si.C6H7N.H2O/c1-4-8-13(12-3)9-6-5-7-10(13)11-2;7-6-4-2-1-3-5-6;/h4,10H,1,5-9H2,2-3H3;1-5H,7H2;1H2. The third-order valence-corrected chi connectivity index (χ3v) is 8.57. The Morgan fingerprint density at radius 3 is 2.38 bits per heavy atom. The van der Waals surface area contributed by atoms with E-state index in [4.69, 9.17) is 14.9 Å². The van der Waals surface area contributed by atoms with E-state index in [-0.39, 0.29) is 5.48 Å². The summed E-state index contributed by atoms with van der Waals surface area (Å²) in [5.74, 6) is 0. The summed E-state index contributed by atoms with van der Waals surface area (Å²) >= 11 is 0. The van der Waals surface area contributed by atoms with Crippen LogP contribution in [0.2, 0.25) is 12.1 Å². The van der Waals surface area contributed by atoms with E-state index >= 15 is 0 Å². The van der Waals surface area contributed by atoms with Gasteiger partial charge < -0.3 is 20.4 Å². The first kappa shape index (κ1) is 19.9. The van der Waals surface area contributed by atoms with Gasteiger partial charge in [-0.05, 0) is 30.6 Å². The van der Waals surface area contributed by atoms with Crippen LogP contribution in [0.4, 0.5) is 5.69 Å². The van der Waals surface area contributed by atoms with E-state index in [1.807, 2.05) is 43.5 Å². The maximum absolute atomic E-state index is 5.77. The second-order valence-electron chi connectivity index (χ2n) is 5.14. The van der Waals surface area contributed by atoms with E-state index in [1.54, 1.807) is 7.11 Å². The molecule has 0 saturated carbocycles. The zero-order valence-corrected chi connectivity index (χ0v) is 14.2. The number of methoxy groups -OCH3 is 1. The average Bonchev–Trinajstić information content (AvgIpc) is 2.49. The number of nitrogen functional groups attached to an aromatic ring is 1. The first-order valence-corrected chi connectivity index (χ1v) is 9.58. The Kier molecular flexibility index (Phi) is 9.99. The Bertz CT molecular complexity index is 388. The summed E-state index contributed by atoms with van der Waals surface area (Å²) in [6.07, 6.45) is 5.75. The lowest BCUT2D eigenvalue weighted by Crippen LogP contribution is -2.52. The van der Waals surface area contributed by atoms with Gasteiger partial charge in [-0.3, -0.25) is 0 Å². The van der Waals surface area contributed by atoms with Gasteiger partial charge in [0.2, 0.25) is 8.32 Å². The maximum Gasteiger partial charge on any atom is 0.224 e. The minimum atomic E-state index is -1.63. The predicted molar refractivity (Wildman–Crippen MR) is 91.7 cm³/mol. The molecule has 1 aromatic carbocycles. The molecule has 2 atom stereocenters. The number of ether oxygens (including phenoxy) is 1. The fraction of sp³-hybridized carbons (Fsp3) is 0.500. The molecular weight excluding hydrogens is 282 g/mol. The van der Waals surface area contributed by atoms with Crippen LogP contribution >= 0.6 is 0 Å². The number of para-hydroxylation sites is 1. The van der Waals surface area contributed by atoms with Crippen molar-refractivity contribution in [2.45, 2.75) is 37.1 Å². The van der Waals surface area contributed by atoms with E-state index in [0.29, 0.717) is 5.73 Å². The van der Waals surface area contributed by atoms with E-state index in [9.17, 15) is 0 Å². The van der Waals surface area contributed by atoms with Gasteiger partial charge >= 0.3 is 0 Å². The number of allylic oxidation sites excluding steroid dienone is 1. The number of nitrogens with two attached hydrogens (primary N) is 1. The van der Waals surface area contributed by atoms with Crippen LogP contribution in [-0.4, -0.2) is 33.7 Å². The van der Waals surface area contributed by atoms with Crippen molar-refractivity contribution in [1.29, 1.82) is 0 Å². The molecule has 0 spiro atoms. The molecule has 1 saturated heterocycles. The smallest absolute Gasteiger partial charge is 0.224 e. The molecule has 1 aromatic rings. The molecule has 1 fully saturated rings. The average molecular weight is 311 g/mol. The first-order chi connectivity index (χ1) is 9.68. The third kappa shape index (κ3) is 6.01. The lowest BCUT2D eigenvalue weighted by atomic mass is 10.2. The lowest BCUT2D eigenvalue weighted by molar-refractivity contribution is 0.119. The lowest BCUT2D eigenvalue weighted by Gasteiger charge is -2.39. The van der Waals surface area contributed by atoms with Crippen molar-refractivity contribution >= 4 is 14.0 Å². The van der Waals surface area contributed by atoms with Gasteiger partial charge in [-0.2, -0.15) is 0 Å². The highest BCUT2D eigenvalue weighted by Crippen LogP contribution is 2.33. The van der Waals surface area contributed by atoms with Crippen molar-refractivity contribution < 1.29 is 14.6 Å². The maximum atomic E-state index is 5.77. The number of rotatable bonds is 4. The molecule has 0 aromatic heterocycles. The Morgan fingerprint density at radius 1 is 1.29 bits per heavy atom. The first-order valence-electron chi connectivity index (χ1n) is 7.18. The van der Waals surface area contributed by atoms with Gasteiger partial charge in [0.25, 0.3) is 0 Å². The van der Waals surface area contributed by atoms with Crippen LogP contribution in [0.15, 0.2) is 43.0 Å². The second kappa shape index (κ2) is 10.6. The van der Waals surface area contributed by atoms with Crippen molar-refractivity contribution in [1.82, 2.24) is 0 Å². The van der Waals surface area contributed by atoms with Gasteiger partial charge in [0.15, 0.2) is 0 Å². The van der Waals surface area contributed by atoms with Crippen molar-refractivity contribution in [3.63, 3.8) is 0 Å². The molecule has 1 heterocycles. The van der Waals surface area contributed by atoms with Crippen LogP contribution in [0.3, 0.4) is 0 Å². The fourth-order valence-corrected chi connectivity index (χ4v) is 6.68. The molecule has 1 aliphatic rings. The molecule has 0 aliphatic carbocycles. The number of benzene rings is 1. The van der Waals surface area contributed by atoms with Crippen LogP contribution in [0.1, 0.15) is 19.3 Å². The monoisotopic (exact) mass is 311 g/mol. The third-order valence-electron chi connectivity index (χ3n) is 3.88. The molecule has 0 bridgehead atoms. The molecule has 5 heteroatoms. The summed E-state index contributed by atoms with van der Waals surface area (Å²) in [7, 11) is 2.02. The highest BCUT2D eigenvalue weighted by Gasteiger charge is 2.43. The van der Waals surface area contributed by atoms with Gasteiger partial charge in [-0.25, -0.2) is 0 Å². The molecule has 0 amide bonds. The van der Waals surface area contributed by atoms with E-state index < -0.39 is 8.32 Å². The fourth-order valence-electron chi connectivity index (χ4n) is 2.76. The molecule has 1 aliphatic heterocycles. The molecule has 2 unspecified atom stereocenters. The summed E-state index contributed by atoms with van der Waals surface area (Å²) in [6, 6.07) is 11.7. The van der Waals surface area contributed by atoms with Crippen LogP contribution in [0.25, 0.3) is 0 Å². The summed E-state index contributed by atoms with van der Waals surface area (Å²) in [4.78, 5) is 0. The van der Waals surface area contributed by atoms with Crippen molar-refractivity contribution in [2.24, 2.45) is 0 Å². The van der Waals surface area contributed by atoms with Crippen molar-refractivity contribution in [3.05, 3.63) is 43.0 Å². The van der Waals surface area contributed by atoms with Crippen molar-refractivity contribution in [3.8, 4) is 0 Å². The topological polar surface area (TPSA) is 76.0 Å². The van der Waals surface area contributed by atoms with Crippen LogP contribution in [-0.2, 0) is 9.16 Å². The van der Waals surface area contributed by atoms with Gasteiger partial charge in [-0.1, -0.05) is 37.1 Å². The zero-order chi connectivity index (χ0) is 14.8. The summed E-state index contributed by atoms with van der Waals surface area (Å²) in [5, 5.41) is 0. The Morgan fingerprint density at radius 2 is 1.95 bits per heavy atom. The molecule has 4 N–H and O–H groups in total. The number of hydrogen-bond acceptors (Lipinski definition) is 3. The Hall–Kier alpha value is -1.14. The van der Waals surface area contributed by atoms with E-state index in [2.05, 4.69) is 6.58 Å². The zero-order valence-electron chi connectivity index (χ0n) is 13.2. The highest BCUT2D eigenvalue weighted by atomic mass is 28.4. The van der Waals surface area contributed by atoms with Crippen LogP contribution < -0.4 is 5.73 Å². The molecule has 120 valence electrons. The quantitative estimate of drug-likeness (QED) is 0.527. The normalized spacial score (nSPS) is 24.2. The minimum absolute atomic E-state index is 0. The van der Waals surface area contributed by atoms with Gasteiger partial charge in [-0.15, -0.1) is 6.58 Å². The van der Waals surface area contributed by atoms with Gasteiger partial charge in [0, 0.05) is 19.9 Å². The second-order valence-corrected chi connectivity index (χ2v) is 9.23. The predicted octanol–water partition coefficient (Wildman–Crippen LogP) is 2.95. The molecule has 4 nitrogen and oxygen atoms in total. The number of anilines is 1. The largest absolute Gasteiger partial charge is 0.417 e. The Balaban J connectivity index is 0.000000425. The van der Waals surface area contributed by atoms with Gasteiger partial charge in [0.1, 0.15) is 0 Å². The van der Waals surface area contributed by atoms with E-state index in [1.165, 1.54) is 25.3 Å². The summed E-state index contributed by atoms with van der Waals surface area (Å²) < 4.78 is 11.3. The molecular formula is C16H29NO3Si. The van der Waals surface area contributed by atoms with E-state index in [0.717, 1.165) is 11.7 Å². The Labute approximate surface area is 129 Å². The summed E-state index contributed by atoms with van der Waals surface area (Å²) in [5.41, 5.74) is 6.56. The highest BCUT2D eigenvalue weighted by molar-refractivity contribution is 6.75. The molecule has 0 radical (unpaired) electrons. The number of hydrogen-bond donors (Lipinski definition) is 1. The summed E-state index contributed by atoms with van der Waals surface area (Å²) in [6.45, 7) is 3.82.